The highest BCUT2D eigenvalue weighted by Gasteiger charge is 2.08. The predicted octanol–water partition coefficient (Wildman–Crippen LogP) is 4.53. The number of aryl methyl sites for hydroxylation is 1. The maximum atomic E-state index is 5.96. The van der Waals surface area contributed by atoms with Crippen LogP contribution in [0.4, 0.5) is 0 Å². The van der Waals surface area contributed by atoms with Crippen LogP contribution in [0.5, 0.6) is 11.6 Å². The van der Waals surface area contributed by atoms with Gasteiger partial charge in [0.1, 0.15) is 17.5 Å². The number of nitrogens with zero attached hydrogens (tertiary/aromatic N) is 2. The molecule has 2 rings (SSSR count). The first-order chi connectivity index (χ1) is 9.58. The van der Waals surface area contributed by atoms with Crippen molar-refractivity contribution in [2.75, 3.05) is 6.61 Å². The Hall–Kier alpha value is -1.17. The summed E-state index contributed by atoms with van der Waals surface area (Å²) in [5, 5.41) is 0.327. The molecule has 0 saturated heterocycles. The molecule has 2 aromatic rings. The molecule has 0 saturated carbocycles. The summed E-state index contributed by atoms with van der Waals surface area (Å²) in [6.45, 7) is 4.82. The number of ether oxygens (including phenoxy) is 2. The Kier molecular flexibility index (Phi) is 5.34. The van der Waals surface area contributed by atoms with E-state index in [4.69, 9.17) is 21.1 Å². The van der Waals surface area contributed by atoms with Gasteiger partial charge < -0.3 is 9.47 Å². The topological polar surface area (TPSA) is 44.2 Å². The van der Waals surface area contributed by atoms with Crippen LogP contribution in [-0.4, -0.2) is 16.6 Å². The number of hydrogen-bond acceptors (Lipinski definition) is 4. The highest BCUT2D eigenvalue weighted by Crippen LogP contribution is 2.30. The van der Waals surface area contributed by atoms with E-state index in [0.717, 1.165) is 10.0 Å². The summed E-state index contributed by atoms with van der Waals surface area (Å²) in [4.78, 5) is 8.35. The standard InChI is InChI=1S/C14H14BrClN2O2/c1-3-19-8-13-17-12(16)7-14(18-13)20-11-5-4-9(2)6-10(11)15/h4-7H,3,8H2,1-2H3. The third-order valence-corrected chi connectivity index (χ3v) is 3.27. The molecule has 20 heavy (non-hydrogen) atoms. The van der Waals surface area contributed by atoms with Crippen molar-refractivity contribution in [2.24, 2.45) is 0 Å². The Morgan fingerprint density at radius 3 is 2.75 bits per heavy atom. The van der Waals surface area contributed by atoms with Crippen molar-refractivity contribution in [1.29, 1.82) is 0 Å². The van der Waals surface area contributed by atoms with Gasteiger partial charge in [-0.2, -0.15) is 4.98 Å². The van der Waals surface area contributed by atoms with E-state index in [9.17, 15) is 0 Å². The minimum atomic E-state index is 0.308. The van der Waals surface area contributed by atoms with Gasteiger partial charge in [-0.3, -0.25) is 0 Å². The highest BCUT2D eigenvalue weighted by atomic mass is 79.9. The number of rotatable bonds is 5. The molecule has 0 unspecified atom stereocenters. The second-order valence-electron chi connectivity index (χ2n) is 4.12. The Labute approximate surface area is 131 Å². The third kappa shape index (κ3) is 4.16. The fraction of sp³-hybridized carbons (Fsp3) is 0.286. The van der Waals surface area contributed by atoms with Gasteiger partial charge in [0.2, 0.25) is 5.88 Å². The minimum Gasteiger partial charge on any atom is -0.438 e. The van der Waals surface area contributed by atoms with Crippen molar-refractivity contribution < 1.29 is 9.47 Å². The van der Waals surface area contributed by atoms with E-state index in [0.29, 0.717) is 35.8 Å². The number of aromatic nitrogens is 2. The van der Waals surface area contributed by atoms with E-state index in [-0.39, 0.29) is 0 Å². The molecule has 0 N–H and O–H groups in total. The number of halogens is 2. The molecule has 0 fully saturated rings. The lowest BCUT2D eigenvalue weighted by Crippen LogP contribution is -2.01. The second-order valence-corrected chi connectivity index (χ2v) is 5.36. The van der Waals surface area contributed by atoms with Crippen molar-refractivity contribution >= 4 is 27.5 Å². The molecule has 6 heteroatoms. The quantitative estimate of drug-likeness (QED) is 0.737. The van der Waals surface area contributed by atoms with Gasteiger partial charge in [0.15, 0.2) is 5.82 Å². The lowest BCUT2D eigenvalue weighted by molar-refractivity contribution is 0.128. The summed E-state index contributed by atoms with van der Waals surface area (Å²) in [6, 6.07) is 7.38. The smallest absolute Gasteiger partial charge is 0.224 e. The fourth-order valence-electron chi connectivity index (χ4n) is 1.55. The van der Waals surface area contributed by atoms with E-state index >= 15 is 0 Å². The molecule has 1 heterocycles. The average molecular weight is 358 g/mol. The highest BCUT2D eigenvalue weighted by molar-refractivity contribution is 9.10. The van der Waals surface area contributed by atoms with E-state index in [1.165, 1.54) is 0 Å². The van der Waals surface area contributed by atoms with Crippen molar-refractivity contribution in [2.45, 2.75) is 20.5 Å². The molecule has 106 valence electrons. The Morgan fingerprint density at radius 1 is 1.25 bits per heavy atom. The van der Waals surface area contributed by atoms with Gasteiger partial charge in [-0.15, -0.1) is 0 Å². The maximum Gasteiger partial charge on any atom is 0.224 e. The van der Waals surface area contributed by atoms with Crippen molar-refractivity contribution in [3.05, 3.63) is 45.3 Å². The van der Waals surface area contributed by atoms with Gasteiger partial charge in [0, 0.05) is 12.7 Å². The van der Waals surface area contributed by atoms with Gasteiger partial charge in [0.05, 0.1) is 4.47 Å². The van der Waals surface area contributed by atoms with Gasteiger partial charge in [0.25, 0.3) is 0 Å². The van der Waals surface area contributed by atoms with Crippen molar-refractivity contribution in [3.63, 3.8) is 0 Å². The SMILES string of the molecule is CCOCc1nc(Cl)cc(Oc2ccc(C)cc2Br)n1. The first kappa shape index (κ1) is 15.2. The van der Waals surface area contributed by atoms with Gasteiger partial charge in [-0.25, -0.2) is 4.98 Å². The van der Waals surface area contributed by atoms with Crippen LogP contribution >= 0.6 is 27.5 Å². The van der Waals surface area contributed by atoms with E-state index in [1.54, 1.807) is 6.07 Å². The zero-order valence-electron chi connectivity index (χ0n) is 11.2. The largest absolute Gasteiger partial charge is 0.438 e. The monoisotopic (exact) mass is 356 g/mol. The second kappa shape index (κ2) is 7.02. The molecule has 0 aliphatic heterocycles. The molecule has 0 aliphatic carbocycles. The van der Waals surface area contributed by atoms with Crippen LogP contribution in [0.2, 0.25) is 5.15 Å². The minimum absolute atomic E-state index is 0.308. The lowest BCUT2D eigenvalue weighted by Gasteiger charge is -2.09. The third-order valence-electron chi connectivity index (χ3n) is 2.45. The van der Waals surface area contributed by atoms with Crippen molar-refractivity contribution in [3.8, 4) is 11.6 Å². The molecule has 0 spiro atoms. The van der Waals surface area contributed by atoms with Gasteiger partial charge >= 0.3 is 0 Å². The van der Waals surface area contributed by atoms with Crippen LogP contribution in [0, 0.1) is 6.92 Å². The van der Waals surface area contributed by atoms with Crippen LogP contribution in [0.25, 0.3) is 0 Å². The molecule has 1 aromatic carbocycles. The Bertz CT molecular complexity index is 608. The molecular formula is C14H14BrClN2O2. The van der Waals surface area contributed by atoms with Crippen LogP contribution in [0.15, 0.2) is 28.7 Å². The molecule has 0 radical (unpaired) electrons. The van der Waals surface area contributed by atoms with E-state index < -0.39 is 0 Å². The summed E-state index contributed by atoms with van der Waals surface area (Å²) >= 11 is 9.42. The van der Waals surface area contributed by atoms with Crippen LogP contribution in [0.3, 0.4) is 0 Å². The first-order valence-electron chi connectivity index (χ1n) is 6.13. The number of hydrogen-bond donors (Lipinski definition) is 0. The van der Waals surface area contributed by atoms with E-state index in [1.807, 2.05) is 32.0 Å². The molecule has 0 aliphatic rings. The molecule has 0 atom stereocenters. The van der Waals surface area contributed by atoms with Crippen molar-refractivity contribution in [1.82, 2.24) is 9.97 Å². The molecule has 4 nitrogen and oxygen atoms in total. The molecule has 0 amide bonds. The zero-order chi connectivity index (χ0) is 14.5. The Morgan fingerprint density at radius 2 is 2.05 bits per heavy atom. The molecule has 0 bridgehead atoms. The summed E-state index contributed by atoms with van der Waals surface area (Å²) in [5.41, 5.74) is 1.14. The summed E-state index contributed by atoms with van der Waals surface area (Å²) < 4.78 is 11.9. The van der Waals surface area contributed by atoms with Crippen LogP contribution in [-0.2, 0) is 11.3 Å². The summed E-state index contributed by atoms with van der Waals surface area (Å²) in [6.07, 6.45) is 0. The fourth-order valence-corrected chi connectivity index (χ4v) is 2.32. The summed E-state index contributed by atoms with van der Waals surface area (Å²) in [7, 11) is 0. The molecule has 1 aromatic heterocycles. The summed E-state index contributed by atoms with van der Waals surface area (Å²) in [5.74, 6) is 1.56. The number of benzene rings is 1. The van der Waals surface area contributed by atoms with Crippen LogP contribution in [0.1, 0.15) is 18.3 Å². The molecular weight excluding hydrogens is 344 g/mol. The Balaban J connectivity index is 2.21. The zero-order valence-corrected chi connectivity index (χ0v) is 13.5. The van der Waals surface area contributed by atoms with Gasteiger partial charge in [-0.1, -0.05) is 17.7 Å². The maximum absolute atomic E-state index is 5.96. The first-order valence-corrected chi connectivity index (χ1v) is 7.30. The van der Waals surface area contributed by atoms with E-state index in [2.05, 4.69) is 25.9 Å². The average Bonchev–Trinajstić information content (AvgIpc) is 2.39. The normalized spacial score (nSPS) is 10.6. The lowest BCUT2D eigenvalue weighted by atomic mass is 10.2. The van der Waals surface area contributed by atoms with Gasteiger partial charge in [-0.05, 0) is 47.5 Å². The van der Waals surface area contributed by atoms with Crippen LogP contribution < -0.4 is 4.74 Å². The predicted molar refractivity (Wildman–Crippen MR) is 81.3 cm³/mol.